The maximum absolute atomic E-state index is 12.7. The van der Waals surface area contributed by atoms with E-state index < -0.39 is 17.8 Å². The Balaban J connectivity index is 2.10. The third-order valence-corrected chi connectivity index (χ3v) is 4.45. The Morgan fingerprint density at radius 3 is 2.55 bits per heavy atom. The minimum absolute atomic E-state index is 0.0765. The number of anilines is 1. The first-order valence-electron chi connectivity index (χ1n) is 9.54. The van der Waals surface area contributed by atoms with Crippen LogP contribution in [0.3, 0.4) is 0 Å². The van der Waals surface area contributed by atoms with Crippen molar-refractivity contribution in [2.75, 3.05) is 19.0 Å². The van der Waals surface area contributed by atoms with Gasteiger partial charge in [0.05, 0.1) is 18.3 Å². The van der Waals surface area contributed by atoms with Crippen LogP contribution in [0, 0.1) is 13.8 Å². The molecule has 31 heavy (non-hydrogen) atoms. The summed E-state index contributed by atoms with van der Waals surface area (Å²) in [5.74, 6) is -0.915. The molecule has 0 atom stereocenters. The molecule has 0 aliphatic carbocycles. The van der Waals surface area contributed by atoms with E-state index >= 15 is 0 Å². The van der Waals surface area contributed by atoms with Crippen molar-refractivity contribution in [1.82, 2.24) is 14.5 Å². The van der Waals surface area contributed by atoms with Gasteiger partial charge in [0.15, 0.2) is 12.5 Å². The third-order valence-electron chi connectivity index (χ3n) is 4.45. The Hall–Kier alpha value is -3.89. The zero-order chi connectivity index (χ0) is 22.7. The number of fused-ring (bicyclic) bond motifs is 1. The maximum atomic E-state index is 12.7. The second kappa shape index (κ2) is 8.86. The first-order valence-corrected chi connectivity index (χ1v) is 9.54. The van der Waals surface area contributed by atoms with E-state index in [1.807, 2.05) is 6.92 Å². The van der Waals surface area contributed by atoms with Gasteiger partial charge >= 0.3 is 5.97 Å². The van der Waals surface area contributed by atoms with E-state index in [-0.39, 0.29) is 29.6 Å². The van der Waals surface area contributed by atoms with Gasteiger partial charge in [-0.15, -0.1) is 0 Å². The number of nitrogens with one attached hydrogen (secondary N) is 1. The van der Waals surface area contributed by atoms with Crippen LogP contribution in [-0.2, 0) is 16.1 Å². The topological polar surface area (TPSA) is 152 Å². The molecule has 0 spiro atoms. The Labute approximate surface area is 177 Å². The van der Waals surface area contributed by atoms with E-state index in [1.165, 1.54) is 19.2 Å². The molecule has 0 saturated heterocycles. The molecule has 0 unspecified atom stereocenters. The van der Waals surface area contributed by atoms with Gasteiger partial charge < -0.3 is 24.2 Å². The SMILES string of the molecule is CCCn1c(NC(=O)c2oc(C)nc2C)nc2cc(C(N)=O)cc(OCC(=O)OC)c21. The lowest BCUT2D eigenvalue weighted by atomic mass is 10.1. The second-order valence-electron chi connectivity index (χ2n) is 6.76. The Morgan fingerprint density at radius 1 is 1.23 bits per heavy atom. The highest BCUT2D eigenvalue weighted by molar-refractivity contribution is 6.04. The van der Waals surface area contributed by atoms with Gasteiger partial charge in [-0.05, 0) is 25.5 Å². The van der Waals surface area contributed by atoms with Crippen LogP contribution in [0.25, 0.3) is 11.0 Å². The molecule has 0 bridgehead atoms. The number of hydrogen-bond donors (Lipinski definition) is 2. The van der Waals surface area contributed by atoms with Crippen LogP contribution in [0.1, 0.15) is 45.8 Å². The molecule has 3 rings (SSSR count). The van der Waals surface area contributed by atoms with E-state index in [4.69, 9.17) is 14.9 Å². The van der Waals surface area contributed by atoms with Crippen molar-refractivity contribution < 1.29 is 28.3 Å². The van der Waals surface area contributed by atoms with Crippen molar-refractivity contribution in [1.29, 1.82) is 0 Å². The van der Waals surface area contributed by atoms with E-state index in [2.05, 4.69) is 20.0 Å². The fraction of sp³-hybridized carbons (Fsp3) is 0.350. The number of hydrogen-bond acceptors (Lipinski definition) is 8. The van der Waals surface area contributed by atoms with E-state index in [0.29, 0.717) is 35.6 Å². The van der Waals surface area contributed by atoms with Crippen LogP contribution in [0.5, 0.6) is 5.75 Å². The van der Waals surface area contributed by atoms with Crippen LogP contribution in [0.4, 0.5) is 5.95 Å². The summed E-state index contributed by atoms with van der Waals surface area (Å²) in [5, 5.41) is 2.72. The number of nitrogens with zero attached hydrogens (tertiary/aromatic N) is 3. The number of methoxy groups -OCH3 is 1. The quantitative estimate of drug-likeness (QED) is 0.516. The smallest absolute Gasteiger partial charge is 0.343 e. The lowest BCUT2D eigenvalue weighted by Crippen LogP contribution is -2.17. The predicted octanol–water partition coefficient (Wildman–Crippen LogP) is 1.95. The number of amides is 2. The van der Waals surface area contributed by atoms with Crippen LogP contribution < -0.4 is 15.8 Å². The summed E-state index contributed by atoms with van der Waals surface area (Å²) in [6, 6.07) is 2.92. The number of esters is 1. The molecule has 2 amide bonds. The average Bonchev–Trinajstić information content (AvgIpc) is 3.24. The number of imidazole rings is 1. The molecule has 11 nitrogen and oxygen atoms in total. The Morgan fingerprint density at radius 2 is 1.97 bits per heavy atom. The molecule has 164 valence electrons. The molecule has 11 heteroatoms. The molecular formula is C20H23N5O6. The number of carbonyl (C=O) groups excluding carboxylic acids is 3. The molecule has 2 aromatic heterocycles. The Kier molecular flexibility index (Phi) is 6.23. The molecule has 0 aliphatic heterocycles. The molecule has 1 aromatic carbocycles. The summed E-state index contributed by atoms with van der Waals surface area (Å²) < 4.78 is 17.3. The van der Waals surface area contributed by atoms with Crippen molar-refractivity contribution >= 4 is 34.8 Å². The zero-order valence-corrected chi connectivity index (χ0v) is 17.6. The molecule has 0 saturated carbocycles. The van der Waals surface area contributed by atoms with E-state index in [0.717, 1.165) is 0 Å². The molecule has 0 aliphatic rings. The van der Waals surface area contributed by atoms with Gasteiger partial charge in [-0.25, -0.2) is 14.8 Å². The normalized spacial score (nSPS) is 10.8. The first-order chi connectivity index (χ1) is 14.7. The predicted molar refractivity (Wildman–Crippen MR) is 110 cm³/mol. The highest BCUT2D eigenvalue weighted by Gasteiger charge is 2.22. The second-order valence-corrected chi connectivity index (χ2v) is 6.76. The monoisotopic (exact) mass is 429 g/mol. The number of benzene rings is 1. The van der Waals surface area contributed by atoms with Crippen molar-refractivity contribution in [3.63, 3.8) is 0 Å². The minimum atomic E-state index is -0.687. The van der Waals surface area contributed by atoms with E-state index in [9.17, 15) is 14.4 Å². The lowest BCUT2D eigenvalue weighted by molar-refractivity contribution is -0.142. The number of rotatable bonds is 8. The van der Waals surface area contributed by atoms with Gasteiger partial charge in [0.2, 0.25) is 17.6 Å². The molecule has 3 N–H and O–H groups in total. The summed E-state index contributed by atoms with van der Waals surface area (Å²) in [6.07, 6.45) is 0.711. The summed E-state index contributed by atoms with van der Waals surface area (Å²) in [5.41, 5.74) is 6.88. The molecule has 3 aromatic rings. The molecule has 2 heterocycles. The maximum Gasteiger partial charge on any atom is 0.343 e. The Bertz CT molecular complexity index is 1160. The number of ether oxygens (including phenoxy) is 2. The van der Waals surface area contributed by atoms with Crippen LogP contribution in [0.15, 0.2) is 16.5 Å². The largest absolute Gasteiger partial charge is 0.480 e. The molecular weight excluding hydrogens is 406 g/mol. The average molecular weight is 429 g/mol. The lowest BCUT2D eigenvalue weighted by Gasteiger charge is -2.12. The number of oxazole rings is 1. The number of carbonyl (C=O) groups is 3. The highest BCUT2D eigenvalue weighted by Crippen LogP contribution is 2.31. The van der Waals surface area contributed by atoms with Gasteiger partial charge in [0.1, 0.15) is 11.3 Å². The fourth-order valence-corrected chi connectivity index (χ4v) is 3.11. The standard InChI is InChI=1S/C20H23N5O6/c1-5-6-25-16-13(7-12(18(21)27)8-14(16)30-9-15(26)29-4)23-20(25)24-19(28)17-10(2)22-11(3)31-17/h7-8H,5-6,9H2,1-4H3,(H2,21,27)(H,23,24,28). The van der Waals surface area contributed by atoms with Crippen molar-refractivity contribution in [2.24, 2.45) is 5.73 Å². The van der Waals surface area contributed by atoms with Crippen molar-refractivity contribution in [2.45, 2.75) is 33.7 Å². The number of nitrogens with two attached hydrogens (primary N) is 1. The molecule has 0 fully saturated rings. The van der Waals surface area contributed by atoms with Gasteiger partial charge in [-0.1, -0.05) is 6.92 Å². The summed E-state index contributed by atoms with van der Waals surface area (Å²) in [4.78, 5) is 44.6. The van der Waals surface area contributed by atoms with Crippen LogP contribution in [0.2, 0.25) is 0 Å². The van der Waals surface area contributed by atoms with Crippen LogP contribution >= 0.6 is 0 Å². The fourth-order valence-electron chi connectivity index (χ4n) is 3.11. The third kappa shape index (κ3) is 4.49. The number of primary amides is 1. The molecule has 0 radical (unpaired) electrons. The zero-order valence-electron chi connectivity index (χ0n) is 17.6. The van der Waals surface area contributed by atoms with Gasteiger partial charge in [-0.3, -0.25) is 14.9 Å². The summed E-state index contributed by atoms with van der Waals surface area (Å²) >= 11 is 0. The van der Waals surface area contributed by atoms with Crippen molar-refractivity contribution in [3.05, 3.63) is 35.0 Å². The summed E-state index contributed by atoms with van der Waals surface area (Å²) in [6.45, 7) is 5.37. The van der Waals surface area contributed by atoms with Crippen molar-refractivity contribution in [3.8, 4) is 5.75 Å². The summed E-state index contributed by atoms with van der Waals surface area (Å²) in [7, 11) is 1.24. The van der Waals surface area contributed by atoms with Gasteiger partial charge in [0, 0.05) is 19.0 Å². The number of aryl methyl sites for hydroxylation is 3. The van der Waals surface area contributed by atoms with Crippen LogP contribution in [-0.4, -0.2) is 46.0 Å². The van der Waals surface area contributed by atoms with E-state index in [1.54, 1.807) is 18.4 Å². The van der Waals surface area contributed by atoms with Gasteiger partial charge in [0.25, 0.3) is 5.91 Å². The number of aromatic nitrogens is 3. The first kappa shape index (κ1) is 21.8. The minimum Gasteiger partial charge on any atom is -0.480 e. The highest BCUT2D eigenvalue weighted by atomic mass is 16.6. The van der Waals surface area contributed by atoms with Gasteiger partial charge in [-0.2, -0.15) is 0 Å².